The van der Waals surface area contributed by atoms with Gasteiger partial charge in [0.05, 0.1) is 5.25 Å². The Morgan fingerprint density at radius 2 is 1.86 bits per heavy atom. The topological polar surface area (TPSA) is 94.0 Å². The lowest BCUT2D eigenvalue weighted by molar-refractivity contribution is 0.358. The minimum Gasteiger partial charge on any atom is -0.351 e. The molecule has 29 heavy (non-hydrogen) atoms. The van der Waals surface area contributed by atoms with Gasteiger partial charge >= 0.3 is 0 Å². The summed E-state index contributed by atoms with van der Waals surface area (Å²) in [7, 11) is -2.97. The molecule has 0 aliphatic heterocycles. The molecule has 8 heteroatoms. The van der Waals surface area contributed by atoms with E-state index in [1.54, 1.807) is 12.3 Å². The molecule has 2 aromatic heterocycles. The number of hydrogen-bond donors (Lipinski definition) is 1. The SMILES string of the molecule is CS(=O)(=O)C1CCC(Nc2ncc3ccc(=O)n(C4CCCC45CC5)c3n2)CC1. The fourth-order valence-electron chi connectivity index (χ4n) is 5.49. The summed E-state index contributed by atoms with van der Waals surface area (Å²) >= 11 is 0. The third-order valence-corrected chi connectivity index (χ3v) is 9.03. The molecule has 2 aromatic rings. The van der Waals surface area contributed by atoms with E-state index in [-0.39, 0.29) is 22.9 Å². The maximum absolute atomic E-state index is 12.8. The van der Waals surface area contributed by atoms with Crippen LogP contribution in [0.5, 0.6) is 0 Å². The van der Waals surface area contributed by atoms with Gasteiger partial charge in [0.15, 0.2) is 0 Å². The Kier molecular flexibility index (Phi) is 4.46. The third kappa shape index (κ3) is 3.45. The molecule has 1 N–H and O–H groups in total. The van der Waals surface area contributed by atoms with Gasteiger partial charge in [0.25, 0.3) is 5.56 Å². The summed E-state index contributed by atoms with van der Waals surface area (Å²) < 4.78 is 25.5. The quantitative estimate of drug-likeness (QED) is 0.823. The van der Waals surface area contributed by atoms with E-state index >= 15 is 0 Å². The highest BCUT2D eigenvalue weighted by molar-refractivity contribution is 7.91. The Morgan fingerprint density at radius 3 is 2.55 bits per heavy atom. The van der Waals surface area contributed by atoms with E-state index in [2.05, 4.69) is 10.3 Å². The normalized spacial score (nSPS) is 28.7. The van der Waals surface area contributed by atoms with E-state index < -0.39 is 9.84 Å². The molecule has 0 saturated heterocycles. The van der Waals surface area contributed by atoms with Crippen LogP contribution < -0.4 is 10.9 Å². The predicted molar refractivity (Wildman–Crippen MR) is 113 cm³/mol. The number of nitrogens with zero attached hydrogens (tertiary/aromatic N) is 3. The van der Waals surface area contributed by atoms with E-state index in [0.717, 1.165) is 30.3 Å². The van der Waals surface area contributed by atoms with Gasteiger partial charge in [-0.2, -0.15) is 4.98 Å². The monoisotopic (exact) mass is 416 g/mol. The van der Waals surface area contributed by atoms with Crippen LogP contribution in [0.15, 0.2) is 23.1 Å². The van der Waals surface area contributed by atoms with Crippen molar-refractivity contribution >= 4 is 26.8 Å². The fraction of sp³-hybridized carbons (Fsp3) is 0.667. The molecule has 0 aromatic carbocycles. The second kappa shape index (κ2) is 6.79. The van der Waals surface area contributed by atoms with E-state index in [0.29, 0.717) is 24.2 Å². The van der Waals surface area contributed by atoms with E-state index in [4.69, 9.17) is 4.98 Å². The van der Waals surface area contributed by atoms with Gasteiger partial charge in [-0.05, 0) is 62.8 Å². The lowest BCUT2D eigenvalue weighted by Gasteiger charge is -2.28. The van der Waals surface area contributed by atoms with Gasteiger partial charge in [-0.1, -0.05) is 6.42 Å². The van der Waals surface area contributed by atoms with Crippen LogP contribution in [0.25, 0.3) is 11.0 Å². The van der Waals surface area contributed by atoms with Crippen LogP contribution in [0, 0.1) is 5.41 Å². The Balaban J connectivity index is 1.42. The summed E-state index contributed by atoms with van der Waals surface area (Å²) in [6.45, 7) is 0. The zero-order valence-corrected chi connectivity index (χ0v) is 17.6. The molecule has 7 nitrogen and oxygen atoms in total. The highest BCUT2D eigenvalue weighted by atomic mass is 32.2. The van der Waals surface area contributed by atoms with Crippen molar-refractivity contribution in [3.63, 3.8) is 0 Å². The second-order valence-corrected chi connectivity index (χ2v) is 11.6. The average molecular weight is 417 g/mol. The summed E-state index contributed by atoms with van der Waals surface area (Å²) in [5.41, 5.74) is 1.05. The molecule has 1 atom stereocenters. The first-order valence-corrected chi connectivity index (χ1v) is 12.6. The van der Waals surface area contributed by atoms with Crippen molar-refractivity contribution in [2.45, 2.75) is 75.1 Å². The van der Waals surface area contributed by atoms with E-state index in [9.17, 15) is 13.2 Å². The first-order chi connectivity index (χ1) is 13.9. The van der Waals surface area contributed by atoms with Crippen LogP contribution in [0.4, 0.5) is 5.95 Å². The molecule has 5 rings (SSSR count). The predicted octanol–water partition coefficient (Wildman–Crippen LogP) is 3.06. The first kappa shape index (κ1) is 19.0. The lowest BCUT2D eigenvalue weighted by Crippen LogP contribution is -2.33. The fourth-order valence-corrected chi connectivity index (χ4v) is 6.62. The Morgan fingerprint density at radius 1 is 1.10 bits per heavy atom. The Hall–Kier alpha value is -1.96. The molecule has 156 valence electrons. The lowest BCUT2D eigenvalue weighted by atomic mass is 9.95. The third-order valence-electron chi connectivity index (χ3n) is 7.34. The number of nitrogens with one attached hydrogen (secondary N) is 1. The van der Waals surface area contributed by atoms with Gasteiger partial charge in [-0.25, -0.2) is 13.4 Å². The van der Waals surface area contributed by atoms with Crippen LogP contribution in [0.3, 0.4) is 0 Å². The van der Waals surface area contributed by atoms with Crippen molar-refractivity contribution in [3.05, 3.63) is 28.7 Å². The summed E-state index contributed by atoms with van der Waals surface area (Å²) in [5, 5.41) is 4.04. The highest BCUT2D eigenvalue weighted by Crippen LogP contribution is 2.63. The van der Waals surface area contributed by atoms with Crippen LogP contribution in [0.1, 0.15) is 63.8 Å². The zero-order valence-electron chi connectivity index (χ0n) is 16.8. The molecule has 0 amide bonds. The molecule has 0 bridgehead atoms. The summed E-state index contributed by atoms with van der Waals surface area (Å²) in [4.78, 5) is 22.0. The standard InChI is InChI=1S/C21H28N4O3S/c1-29(27,28)16-7-5-15(6-8-16)23-20-22-13-14-4-9-18(26)25(19(14)24-20)17-3-2-10-21(17)11-12-21/h4,9,13,15-17H,2-3,5-8,10-12H2,1H3,(H,22,23,24). The Bertz CT molecular complexity index is 1100. The highest BCUT2D eigenvalue weighted by Gasteiger charge is 2.53. The number of aromatic nitrogens is 3. The number of hydrogen-bond acceptors (Lipinski definition) is 6. The minimum absolute atomic E-state index is 0.0222. The molecule has 3 saturated carbocycles. The molecule has 0 radical (unpaired) electrons. The number of anilines is 1. The summed E-state index contributed by atoms with van der Waals surface area (Å²) in [6, 6.07) is 3.85. The van der Waals surface area contributed by atoms with Gasteiger partial charge in [0.2, 0.25) is 5.95 Å². The van der Waals surface area contributed by atoms with Crippen molar-refractivity contribution in [2.75, 3.05) is 11.6 Å². The molecule has 1 spiro atoms. The molecule has 3 aliphatic rings. The van der Waals surface area contributed by atoms with Crippen LogP contribution in [-0.4, -0.2) is 40.5 Å². The smallest absolute Gasteiger partial charge is 0.252 e. The van der Waals surface area contributed by atoms with Crippen molar-refractivity contribution < 1.29 is 8.42 Å². The van der Waals surface area contributed by atoms with Crippen molar-refractivity contribution in [1.82, 2.24) is 14.5 Å². The zero-order chi connectivity index (χ0) is 20.2. The van der Waals surface area contributed by atoms with E-state index in [1.165, 1.54) is 31.9 Å². The number of rotatable bonds is 4. The van der Waals surface area contributed by atoms with Gasteiger partial charge in [0, 0.05) is 36.0 Å². The molecule has 2 heterocycles. The van der Waals surface area contributed by atoms with E-state index in [1.807, 2.05) is 10.6 Å². The van der Waals surface area contributed by atoms with Gasteiger partial charge in [0.1, 0.15) is 15.5 Å². The van der Waals surface area contributed by atoms with Crippen LogP contribution in [0.2, 0.25) is 0 Å². The minimum atomic E-state index is -2.97. The van der Waals surface area contributed by atoms with Gasteiger partial charge < -0.3 is 5.32 Å². The molecule has 1 unspecified atom stereocenters. The number of fused-ring (bicyclic) bond motifs is 1. The maximum atomic E-state index is 12.8. The van der Waals surface area contributed by atoms with Gasteiger partial charge in [-0.15, -0.1) is 0 Å². The van der Waals surface area contributed by atoms with Gasteiger partial charge in [-0.3, -0.25) is 9.36 Å². The maximum Gasteiger partial charge on any atom is 0.252 e. The van der Waals surface area contributed by atoms with Crippen molar-refractivity contribution in [3.8, 4) is 0 Å². The first-order valence-electron chi connectivity index (χ1n) is 10.7. The largest absolute Gasteiger partial charge is 0.351 e. The average Bonchev–Trinajstić information content (AvgIpc) is 3.35. The summed E-state index contributed by atoms with van der Waals surface area (Å²) in [5.74, 6) is 0.530. The van der Waals surface area contributed by atoms with Crippen molar-refractivity contribution in [1.29, 1.82) is 0 Å². The molecular formula is C21H28N4O3S. The number of pyridine rings is 1. The van der Waals surface area contributed by atoms with Crippen LogP contribution in [-0.2, 0) is 9.84 Å². The molecule has 3 fully saturated rings. The molecular weight excluding hydrogens is 388 g/mol. The summed E-state index contributed by atoms with van der Waals surface area (Å²) in [6.07, 6.45) is 11.9. The molecule has 3 aliphatic carbocycles. The Labute approximate surface area is 170 Å². The van der Waals surface area contributed by atoms with Crippen LogP contribution >= 0.6 is 0 Å². The number of sulfone groups is 1. The van der Waals surface area contributed by atoms with Crippen molar-refractivity contribution in [2.24, 2.45) is 5.41 Å². The second-order valence-electron chi connectivity index (χ2n) is 9.23.